The van der Waals surface area contributed by atoms with Crippen molar-refractivity contribution in [3.8, 4) is 0 Å². The van der Waals surface area contributed by atoms with Gasteiger partial charge in [0.25, 0.3) is 0 Å². The lowest BCUT2D eigenvalue weighted by atomic mass is 10.1. The van der Waals surface area contributed by atoms with Gasteiger partial charge in [-0.1, -0.05) is 6.07 Å². The first-order valence-corrected chi connectivity index (χ1v) is 10.6. The van der Waals surface area contributed by atoms with Crippen LogP contribution in [0.4, 0.5) is 13.9 Å². The molecular weight excluding hydrogens is 398 g/mol. The van der Waals surface area contributed by atoms with Crippen molar-refractivity contribution >= 4 is 32.4 Å². The van der Waals surface area contributed by atoms with Crippen molar-refractivity contribution < 1.29 is 22.0 Å². The van der Waals surface area contributed by atoms with Crippen molar-refractivity contribution in [2.45, 2.75) is 23.8 Å². The van der Waals surface area contributed by atoms with Gasteiger partial charge in [0.1, 0.15) is 11.6 Å². The second kappa shape index (κ2) is 8.28. The smallest absolute Gasteiger partial charge is 0.246 e. The minimum absolute atomic E-state index is 0.0941. The molecule has 11 heteroatoms. The second-order valence-electron chi connectivity index (χ2n) is 6.02. The molecule has 146 valence electrons. The molecule has 0 atom stereocenters. The van der Waals surface area contributed by atoms with Crippen molar-refractivity contribution in [1.29, 1.82) is 0 Å². The Labute approximate surface area is 159 Å². The predicted octanol–water partition coefficient (Wildman–Crippen LogP) is 1.48. The third kappa shape index (κ3) is 4.79. The molecule has 3 rings (SSSR count). The first-order valence-electron chi connectivity index (χ1n) is 8.24. The fraction of sp³-hybridized carbons (Fsp3) is 0.375. The van der Waals surface area contributed by atoms with E-state index in [1.54, 1.807) is 17.5 Å². The van der Waals surface area contributed by atoms with Crippen LogP contribution in [0.1, 0.15) is 12.8 Å². The number of nitrogens with zero attached hydrogens (tertiary/aromatic N) is 2. The number of piperidine rings is 1. The van der Waals surface area contributed by atoms with Crippen molar-refractivity contribution in [3.05, 3.63) is 41.4 Å². The molecule has 1 amide bonds. The number of hydrogen-bond acceptors (Lipinski definition) is 6. The highest BCUT2D eigenvalue weighted by Gasteiger charge is 2.26. The number of aromatic nitrogens is 1. The third-order valence-corrected chi connectivity index (χ3v) is 6.44. The second-order valence-corrected chi connectivity index (χ2v) is 8.60. The molecule has 0 unspecified atom stereocenters. The van der Waals surface area contributed by atoms with Gasteiger partial charge in [0.05, 0.1) is 6.54 Å². The Bertz CT molecular complexity index is 878. The van der Waals surface area contributed by atoms with Crippen LogP contribution in [0.2, 0.25) is 0 Å². The molecule has 27 heavy (non-hydrogen) atoms. The van der Waals surface area contributed by atoms with Gasteiger partial charge in [-0.25, -0.2) is 26.9 Å². The molecule has 2 heterocycles. The Hall–Kier alpha value is -2.11. The summed E-state index contributed by atoms with van der Waals surface area (Å²) in [6, 6.07) is 2.65. The van der Waals surface area contributed by atoms with Crippen LogP contribution < -0.4 is 14.9 Å². The molecule has 7 nitrogen and oxygen atoms in total. The lowest BCUT2D eigenvalue weighted by Crippen LogP contribution is -2.47. The van der Waals surface area contributed by atoms with Crippen LogP contribution in [-0.2, 0) is 14.8 Å². The Morgan fingerprint density at radius 1 is 1.26 bits per heavy atom. The molecule has 1 saturated heterocycles. The van der Waals surface area contributed by atoms with E-state index >= 15 is 0 Å². The first kappa shape index (κ1) is 19.6. The Kier molecular flexibility index (Phi) is 6.02. The van der Waals surface area contributed by atoms with Crippen molar-refractivity contribution in [3.63, 3.8) is 0 Å². The number of rotatable bonds is 6. The lowest BCUT2D eigenvalue weighted by Gasteiger charge is -2.32. The van der Waals surface area contributed by atoms with Gasteiger partial charge in [-0.15, -0.1) is 11.3 Å². The molecule has 1 aliphatic rings. The number of benzene rings is 1. The van der Waals surface area contributed by atoms with E-state index < -0.39 is 39.0 Å². The van der Waals surface area contributed by atoms with E-state index in [4.69, 9.17) is 0 Å². The van der Waals surface area contributed by atoms with E-state index in [0.717, 1.165) is 36.4 Å². The minimum Gasteiger partial charge on any atom is -0.352 e. The summed E-state index contributed by atoms with van der Waals surface area (Å²) in [5.74, 6) is -2.97. The van der Waals surface area contributed by atoms with Crippen LogP contribution in [0, 0.1) is 11.6 Å². The van der Waals surface area contributed by atoms with Crippen molar-refractivity contribution in [2.24, 2.45) is 0 Å². The average molecular weight is 416 g/mol. The van der Waals surface area contributed by atoms with Gasteiger partial charge in [0.2, 0.25) is 15.9 Å². The lowest BCUT2D eigenvalue weighted by molar-refractivity contribution is -0.120. The molecule has 0 spiro atoms. The summed E-state index contributed by atoms with van der Waals surface area (Å²) in [6.45, 7) is 0.859. The van der Waals surface area contributed by atoms with Gasteiger partial charge in [0.15, 0.2) is 10.0 Å². The molecule has 1 aromatic heterocycles. The number of amides is 1. The Balaban J connectivity index is 1.50. The summed E-state index contributed by atoms with van der Waals surface area (Å²) in [5, 5.41) is 5.57. The summed E-state index contributed by atoms with van der Waals surface area (Å²) in [4.78, 5) is 17.3. The maximum Gasteiger partial charge on any atom is 0.246 e. The Morgan fingerprint density at radius 2 is 1.93 bits per heavy atom. The number of hydrogen-bond donors (Lipinski definition) is 2. The molecule has 0 radical (unpaired) electrons. The highest BCUT2D eigenvalue weighted by molar-refractivity contribution is 7.89. The minimum atomic E-state index is -4.47. The molecule has 2 aromatic rings. The van der Waals surface area contributed by atoms with Crippen LogP contribution in [-0.4, -0.2) is 45.0 Å². The normalized spacial score (nSPS) is 15.7. The molecule has 0 saturated carbocycles. The maximum atomic E-state index is 13.6. The SMILES string of the molecule is O=C(CNS(=O)(=O)c1c(F)cccc1F)NC1CCN(c2nccs2)CC1. The highest BCUT2D eigenvalue weighted by atomic mass is 32.2. The molecule has 1 aliphatic heterocycles. The van der Waals surface area contributed by atoms with E-state index in [-0.39, 0.29) is 6.04 Å². The quantitative estimate of drug-likeness (QED) is 0.745. The van der Waals surface area contributed by atoms with Crippen LogP contribution in [0.25, 0.3) is 0 Å². The summed E-state index contributed by atoms with van der Waals surface area (Å²) >= 11 is 1.55. The Morgan fingerprint density at radius 3 is 2.52 bits per heavy atom. The predicted molar refractivity (Wildman–Crippen MR) is 97.0 cm³/mol. The number of nitrogens with one attached hydrogen (secondary N) is 2. The fourth-order valence-electron chi connectivity index (χ4n) is 2.84. The fourth-order valence-corrected chi connectivity index (χ4v) is 4.65. The van der Waals surface area contributed by atoms with Gasteiger partial charge < -0.3 is 10.2 Å². The van der Waals surface area contributed by atoms with Crippen LogP contribution >= 0.6 is 11.3 Å². The standard InChI is InChI=1S/C16H18F2N4O3S2/c17-12-2-1-3-13(18)15(12)27(24,25)20-10-14(23)21-11-4-7-22(8-5-11)16-19-6-9-26-16/h1-3,6,9,11,20H,4-5,7-8,10H2,(H,21,23). The molecule has 1 aromatic carbocycles. The number of carbonyl (C=O) groups is 1. The average Bonchev–Trinajstić information content (AvgIpc) is 3.15. The van der Waals surface area contributed by atoms with Crippen LogP contribution in [0.15, 0.2) is 34.7 Å². The van der Waals surface area contributed by atoms with Gasteiger partial charge in [0, 0.05) is 30.7 Å². The van der Waals surface area contributed by atoms with Crippen molar-refractivity contribution in [1.82, 2.24) is 15.0 Å². The van der Waals surface area contributed by atoms with Crippen LogP contribution in [0.3, 0.4) is 0 Å². The largest absolute Gasteiger partial charge is 0.352 e. The number of carbonyl (C=O) groups excluding carboxylic acids is 1. The van der Waals surface area contributed by atoms with Crippen LogP contribution in [0.5, 0.6) is 0 Å². The van der Waals surface area contributed by atoms with Gasteiger partial charge >= 0.3 is 0 Å². The number of anilines is 1. The van der Waals surface area contributed by atoms with E-state index in [0.29, 0.717) is 12.8 Å². The third-order valence-electron chi connectivity index (χ3n) is 4.16. The number of thiazole rings is 1. The van der Waals surface area contributed by atoms with Crippen molar-refractivity contribution in [2.75, 3.05) is 24.5 Å². The van der Waals surface area contributed by atoms with E-state index in [1.165, 1.54) is 0 Å². The molecule has 2 N–H and O–H groups in total. The zero-order valence-electron chi connectivity index (χ0n) is 14.2. The summed E-state index contributed by atoms with van der Waals surface area (Å²) in [7, 11) is -4.47. The molecule has 0 bridgehead atoms. The summed E-state index contributed by atoms with van der Waals surface area (Å²) in [6.07, 6.45) is 3.12. The first-order chi connectivity index (χ1) is 12.9. The molecule has 0 aliphatic carbocycles. The van der Waals surface area contributed by atoms with Gasteiger partial charge in [-0.2, -0.15) is 0 Å². The monoisotopic (exact) mass is 416 g/mol. The zero-order valence-corrected chi connectivity index (χ0v) is 15.8. The number of halogens is 2. The van der Waals surface area contributed by atoms with Gasteiger partial charge in [-0.05, 0) is 25.0 Å². The summed E-state index contributed by atoms with van der Waals surface area (Å²) in [5.41, 5.74) is 0. The number of sulfonamides is 1. The molecular formula is C16H18F2N4O3S2. The van der Waals surface area contributed by atoms with E-state index in [9.17, 15) is 22.0 Å². The van der Waals surface area contributed by atoms with E-state index in [2.05, 4.69) is 15.2 Å². The summed E-state index contributed by atoms with van der Waals surface area (Å²) < 4.78 is 53.3. The maximum absolute atomic E-state index is 13.6. The van der Waals surface area contributed by atoms with E-state index in [1.807, 2.05) is 10.1 Å². The topological polar surface area (TPSA) is 91.4 Å². The highest BCUT2D eigenvalue weighted by Crippen LogP contribution is 2.22. The van der Waals surface area contributed by atoms with Gasteiger partial charge in [-0.3, -0.25) is 4.79 Å². The molecule has 1 fully saturated rings. The zero-order chi connectivity index (χ0) is 19.4.